The molecule has 0 unspecified atom stereocenters. The van der Waals surface area contributed by atoms with Crippen molar-refractivity contribution in [2.45, 2.75) is 32.7 Å². The maximum atomic E-state index is 12.6. The van der Waals surface area contributed by atoms with E-state index in [9.17, 15) is 4.79 Å². The van der Waals surface area contributed by atoms with Gasteiger partial charge in [0, 0.05) is 49.7 Å². The van der Waals surface area contributed by atoms with Crippen LogP contribution in [0.5, 0.6) is 0 Å². The minimum Gasteiger partial charge on any atom is -0.335 e. The highest BCUT2D eigenvalue weighted by Crippen LogP contribution is 2.26. The Hall–Kier alpha value is -1.79. The standard InChI is InChI=1S/C18H24N4OS/c1-18(2,3)17-20-15(13-24-17)16(23)22-10-8-21(9-11-22)12-14-6-4-5-7-19-14/h4-7,13H,8-12H2,1-3H3. The van der Waals surface area contributed by atoms with Crippen LogP contribution in [-0.2, 0) is 12.0 Å². The van der Waals surface area contributed by atoms with Gasteiger partial charge in [-0.15, -0.1) is 11.3 Å². The normalized spacial score (nSPS) is 16.4. The van der Waals surface area contributed by atoms with Crippen LogP contribution >= 0.6 is 11.3 Å². The molecule has 0 aromatic carbocycles. The molecule has 1 aliphatic heterocycles. The van der Waals surface area contributed by atoms with E-state index in [4.69, 9.17) is 0 Å². The Morgan fingerprint density at radius 3 is 2.54 bits per heavy atom. The lowest BCUT2D eigenvalue weighted by Gasteiger charge is -2.34. The van der Waals surface area contributed by atoms with Crippen molar-refractivity contribution in [3.63, 3.8) is 0 Å². The highest BCUT2D eigenvalue weighted by atomic mass is 32.1. The summed E-state index contributed by atoms with van der Waals surface area (Å²) in [5, 5.41) is 2.91. The van der Waals surface area contributed by atoms with E-state index in [1.807, 2.05) is 34.7 Å². The molecule has 0 N–H and O–H groups in total. The van der Waals surface area contributed by atoms with Gasteiger partial charge in [-0.2, -0.15) is 0 Å². The van der Waals surface area contributed by atoms with Gasteiger partial charge in [0.05, 0.1) is 10.7 Å². The van der Waals surface area contributed by atoms with Crippen LogP contribution in [0.2, 0.25) is 0 Å². The number of hydrogen-bond donors (Lipinski definition) is 0. The van der Waals surface area contributed by atoms with Crippen molar-refractivity contribution in [1.82, 2.24) is 19.8 Å². The number of nitrogens with zero attached hydrogens (tertiary/aromatic N) is 4. The Bertz CT molecular complexity index is 685. The van der Waals surface area contributed by atoms with Gasteiger partial charge in [0.15, 0.2) is 0 Å². The minimum atomic E-state index is -0.00935. The molecule has 1 saturated heterocycles. The number of aromatic nitrogens is 2. The smallest absolute Gasteiger partial charge is 0.273 e. The average molecular weight is 344 g/mol. The van der Waals surface area contributed by atoms with E-state index >= 15 is 0 Å². The van der Waals surface area contributed by atoms with Crippen LogP contribution in [0.15, 0.2) is 29.8 Å². The zero-order chi connectivity index (χ0) is 17.2. The molecule has 0 aliphatic carbocycles. The summed E-state index contributed by atoms with van der Waals surface area (Å²) in [6.45, 7) is 10.4. The molecule has 0 spiro atoms. The van der Waals surface area contributed by atoms with Crippen molar-refractivity contribution in [2.24, 2.45) is 0 Å². The molecule has 6 heteroatoms. The summed E-state index contributed by atoms with van der Waals surface area (Å²) in [6.07, 6.45) is 1.82. The molecule has 2 aromatic heterocycles. The van der Waals surface area contributed by atoms with Gasteiger partial charge in [-0.1, -0.05) is 26.8 Å². The van der Waals surface area contributed by atoms with E-state index < -0.39 is 0 Å². The number of rotatable bonds is 3. The van der Waals surface area contributed by atoms with E-state index in [1.54, 1.807) is 11.3 Å². The third kappa shape index (κ3) is 3.99. The van der Waals surface area contributed by atoms with Gasteiger partial charge in [-0.3, -0.25) is 14.7 Å². The Morgan fingerprint density at radius 1 is 1.21 bits per heavy atom. The number of hydrogen-bond acceptors (Lipinski definition) is 5. The highest BCUT2D eigenvalue weighted by molar-refractivity contribution is 7.10. The molecule has 5 nitrogen and oxygen atoms in total. The van der Waals surface area contributed by atoms with Crippen LogP contribution in [-0.4, -0.2) is 51.9 Å². The predicted molar refractivity (Wildman–Crippen MR) is 96.2 cm³/mol. The summed E-state index contributed by atoms with van der Waals surface area (Å²) in [5.41, 5.74) is 1.65. The van der Waals surface area contributed by atoms with Gasteiger partial charge >= 0.3 is 0 Å². The van der Waals surface area contributed by atoms with Gasteiger partial charge in [-0.25, -0.2) is 4.98 Å². The average Bonchev–Trinajstić information content (AvgIpc) is 3.06. The topological polar surface area (TPSA) is 49.3 Å². The molecular formula is C18H24N4OS. The number of pyridine rings is 1. The minimum absolute atomic E-state index is 0.00935. The SMILES string of the molecule is CC(C)(C)c1nc(C(=O)N2CCN(Cc3ccccn3)CC2)cs1. The molecular weight excluding hydrogens is 320 g/mol. The molecule has 24 heavy (non-hydrogen) atoms. The number of thiazole rings is 1. The first-order valence-electron chi connectivity index (χ1n) is 8.31. The first-order valence-corrected chi connectivity index (χ1v) is 9.19. The maximum Gasteiger partial charge on any atom is 0.273 e. The summed E-state index contributed by atoms with van der Waals surface area (Å²) in [5.74, 6) is 0.0548. The fourth-order valence-corrected chi connectivity index (χ4v) is 3.59. The van der Waals surface area contributed by atoms with Crippen LogP contribution in [0.4, 0.5) is 0 Å². The first kappa shape index (κ1) is 17.0. The Kier molecular flexibility index (Phi) is 4.96. The third-order valence-electron chi connectivity index (χ3n) is 4.14. The van der Waals surface area contributed by atoms with E-state index in [2.05, 4.69) is 35.6 Å². The van der Waals surface area contributed by atoms with E-state index in [-0.39, 0.29) is 11.3 Å². The molecule has 3 heterocycles. The summed E-state index contributed by atoms with van der Waals surface area (Å²) in [7, 11) is 0. The molecule has 2 aromatic rings. The number of carbonyl (C=O) groups is 1. The molecule has 0 saturated carbocycles. The number of carbonyl (C=O) groups excluding carboxylic acids is 1. The second kappa shape index (κ2) is 6.99. The van der Waals surface area contributed by atoms with E-state index in [0.717, 1.165) is 43.4 Å². The zero-order valence-corrected chi connectivity index (χ0v) is 15.3. The van der Waals surface area contributed by atoms with Gasteiger partial charge in [0.2, 0.25) is 0 Å². The Morgan fingerprint density at radius 2 is 1.96 bits per heavy atom. The van der Waals surface area contributed by atoms with E-state index in [1.165, 1.54) is 0 Å². The molecule has 0 bridgehead atoms. The Balaban J connectivity index is 1.56. The zero-order valence-electron chi connectivity index (χ0n) is 14.5. The summed E-state index contributed by atoms with van der Waals surface area (Å²) in [6, 6.07) is 5.98. The second-order valence-corrected chi connectivity index (χ2v) is 8.04. The third-order valence-corrected chi connectivity index (χ3v) is 5.40. The summed E-state index contributed by atoms with van der Waals surface area (Å²) >= 11 is 1.57. The van der Waals surface area contributed by atoms with Crippen molar-refractivity contribution in [3.05, 3.63) is 46.2 Å². The quantitative estimate of drug-likeness (QED) is 0.859. The van der Waals surface area contributed by atoms with E-state index in [0.29, 0.717) is 5.69 Å². The Labute approximate surface area is 147 Å². The second-order valence-electron chi connectivity index (χ2n) is 7.18. The molecule has 1 aliphatic rings. The maximum absolute atomic E-state index is 12.6. The summed E-state index contributed by atoms with van der Waals surface area (Å²) < 4.78 is 0. The van der Waals surface area contributed by atoms with Crippen LogP contribution in [0.1, 0.15) is 42.0 Å². The van der Waals surface area contributed by atoms with Crippen LogP contribution in [0, 0.1) is 0 Å². The van der Waals surface area contributed by atoms with Crippen molar-refractivity contribution in [1.29, 1.82) is 0 Å². The first-order chi connectivity index (χ1) is 11.4. The van der Waals surface area contributed by atoms with Crippen LogP contribution < -0.4 is 0 Å². The number of piperazine rings is 1. The van der Waals surface area contributed by atoms with Crippen LogP contribution in [0.3, 0.4) is 0 Å². The highest BCUT2D eigenvalue weighted by Gasteiger charge is 2.26. The lowest BCUT2D eigenvalue weighted by molar-refractivity contribution is 0.0622. The molecule has 128 valence electrons. The lowest BCUT2D eigenvalue weighted by atomic mass is 9.98. The lowest BCUT2D eigenvalue weighted by Crippen LogP contribution is -2.48. The number of amides is 1. The fourth-order valence-electron chi connectivity index (χ4n) is 2.71. The fraction of sp³-hybridized carbons (Fsp3) is 0.500. The van der Waals surface area contributed by atoms with Gasteiger partial charge in [0.25, 0.3) is 5.91 Å². The van der Waals surface area contributed by atoms with Gasteiger partial charge in [0.1, 0.15) is 5.69 Å². The predicted octanol–water partition coefficient (Wildman–Crippen LogP) is 2.79. The van der Waals surface area contributed by atoms with Crippen molar-refractivity contribution in [3.8, 4) is 0 Å². The molecule has 1 fully saturated rings. The monoisotopic (exact) mass is 344 g/mol. The van der Waals surface area contributed by atoms with Crippen LogP contribution in [0.25, 0.3) is 0 Å². The summed E-state index contributed by atoms with van der Waals surface area (Å²) in [4.78, 5) is 25.8. The molecule has 1 amide bonds. The molecule has 3 rings (SSSR count). The van der Waals surface area contributed by atoms with Crippen molar-refractivity contribution < 1.29 is 4.79 Å². The van der Waals surface area contributed by atoms with Crippen molar-refractivity contribution >= 4 is 17.2 Å². The van der Waals surface area contributed by atoms with Gasteiger partial charge < -0.3 is 4.90 Å². The molecule has 0 radical (unpaired) electrons. The largest absolute Gasteiger partial charge is 0.335 e. The van der Waals surface area contributed by atoms with Gasteiger partial charge in [-0.05, 0) is 12.1 Å². The van der Waals surface area contributed by atoms with Crippen molar-refractivity contribution in [2.75, 3.05) is 26.2 Å². The molecule has 0 atom stereocenters.